The van der Waals surface area contributed by atoms with E-state index in [0.717, 1.165) is 35.4 Å². The summed E-state index contributed by atoms with van der Waals surface area (Å²) in [5, 5.41) is 2.92. The molecule has 0 fully saturated rings. The van der Waals surface area contributed by atoms with E-state index in [1.807, 2.05) is 55.5 Å². The zero-order valence-corrected chi connectivity index (χ0v) is 13.8. The van der Waals surface area contributed by atoms with Crippen LogP contribution in [-0.2, 0) is 0 Å². The van der Waals surface area contributed by atoms with Gasteiger partial charge in [-0.3, -0.25) is 9.36 Å². The van der Waals surface area contributed by atoms with Gasteiger partial charge in [-0.1, -0.05) is 18.2 Å². The highest BCUT2D eigenvalue weighted by Crippen LogP contribution is 2.22. The van der Waals surface area contributed by atoms with E-state index in [9.17, 15) is 4.79 Å². The molecule has 0 spiro atoms. The molecule has 1 amide bonds. The predicted octanol–water partition coefficient (Wildman–Crippen LogP) is 2.80. The molecule has 0 bridgehead atoms. The Labute approximate surface area is 141 Å². The predicted molar refractivity (Wildman–Crippen MR) is 96.4 cm³/mol. The Morgan fingerprint density at radius 1 is 1.17 bits per heavy atom. The van der Waals surface area contributed by atoms with Crippen LogP contribution in [0.2, 0.25) is 0 Å². The number of aromatic nitrogens is 2. The van der Waals surface area contributed by atoms with Gasteiger partial charge in [0.25, 0.3) is 5.91 Å². The Bertz CT molecular complexity index is 839. The largest absolute Gasteiger partial charge is 0.352 e. The molecule has 124 valence electrons. The van der Waals surface area contributed by atoms with E-state index in [-0.39, 0.29) is 5.91 Å². The molecule has 0 aliphatic heterocycles. The zero-order valence-electron chi connectivity index (χ0n) is 13.8. The van der Waals surface area contributed by atoms with Crippen LogP contribution in [-0.4, -0.2) is 28.5 Å². The fourth-order valence-electron chi connectivity index (χ4n) is 2.82. The molecule has 0 aliphatic carbocycles. The molecular formula is C19H22N4O. The summed E-state index contributed by atoms with van der Waals surface area (Å²) in [7, 11) is 0. The highest BCUT2D eigenvalue weighted by molar-refractivity contribution is 5.97. The summed E-state index contributed by atoms with van der Waals surface area (Å²) in [6.45, 7) is 3.27. The summed E-state index contributed by atoms with van der Waals surface area (Å²) in [6.07, 6.45) is 1.81. The second-order valence-electron chi connectivity index (χ2n) is 5.79. The summed E-state index contributed by atoms with van der Waals surface area (Å²) < 4.78 is 2.10. The van der Waals surface area contributed by atoms with Gasteiger partial charge in [-0.2, -0.15) is 0 Å². The number of carbonyl (C=O) groups is 1. The highest BCUT2D eigenvalue weighted by atomic mass is 16.1. The highest BCUT2D eigenvalue weighted by Gasteiger charge is 2.12. The number of nitrogens with two attached hydrogens (primary N) is 1. The molecule has 1 aromatic heterocycles. The molecule has 3 N–H and O–H groups in total. The molecular weight excluding hydrogens is 300 g/mol. The number of aryl methyl sites for hydroxylation is 1. The number of benzene rings is 2. The van der Waals surface area contributed by atoms with Crippen LogP contribution in [0.15, 0.2) is 48.5 Å². The molecule has 2 aromatic carbocycles. The molecule has 0 saturated heterocycles. The average Bonchev–Trinajstić information content (AvgIpc) is 2.94. The lowest BCUT2D eigenvalue weighted by atomic mass is 10.1. The molecule has 24 heavy (non-hydrogen) atoms. The molecule has 3 aromatic rings. The van der Waals surface area contributed by atoms with E-state index in [4.69, 9.17) is 5.73 Å². The Morgan fingerprint density at radius 3 is 2.71 bits per heavy atom. The van der Waals surface area contributed by atoms with Gasteiger partial charge in [0.2, 0.25) is 0 Å². The van der Waals surface area contributed by atoms with Crippen LogP contribution in [0.25, 0.3) is 16.7 Å². The number of fused-ring (bicyclic) bond motifs is 1. The molecule has 0 aliphatic rings. The number of carbonyl (C=O) groups excluding carboxylic acids is 1. The SMILES string of the molecule is Cc1nc2cc(C(=O)NCCCCN)ccc2n1-c1ccccc1. The standard InChI is InChI=1S/C19H22N4O/c1-14-22-17-13-15(19(24)21-12-6-5-11-20)9-10-18(17)23(14)16-7-3-2-4-8-16/h2-4,7-10,13H,5-6,11-12,20H2,1H3,(H,21,24). The molecule has 0 atom stereocenters. The smallest absolute Gasteiger partial charge is 0.251 e. The zero-order chi connectivity index (χ0) is 16.9. The van der Waals surface area contributed by atoms with E-state index >= 15 is 0 Å². The van der Waals surface area contributed by atoms with Crippen LogP contribution in [0.1, 0.15) is 29.0 Å². The van der Waals surface area contributed by atoms with Crippen molar-refractivity contribution in [2.45, 2.75) is 19.8 Å². The number of unbranched alkanes of at least 4 members (excludes halogenated alkanes) is 1. The van der Waals surface area contributed by atoms with Crippen molar-refractivity contribution in [2.75, 3.05) is 13.1 Å². The minimum absolute atomic E-state index is 0.0687. The van der Waals surface area contributed by atoms with Crippen molar-refractivity contribution in [1.29, 1.82) is 0 Å². The van der Waals surface area contributed by atoms with Gasteiger partial charge in [0.05, 0.1) is 11.0 Å². The quantitative estimate of drug-likeness (QED) is 0.685. The minimum Gasteiger partial charge on any atom is -0.352 e. The molecule has 0 radical (unpaired) electrons. The number of hydrogen-bond acceptors (Lipinski definition) is 3. The third-order valence-corrected chi connectivity index (χ3v) is 4.02. The molecule has 3 rings (SSSR count). The van der Waals surface area contributed by atoms with Gasteiger partial charge in [-0.05, 0) is 56.6 Å². The first kappa shape index (κ1) is 16.2. The van der Waals surface area contributed by atoms with Crippen LogP contribution in [0, 0.1) is 6.92 Å². The molecule has 0 saturated carbocycles. The first-order valence-corrected chi connectivity index (χ1v) is 8.23. The first-order chi connectivity index (χ1) is 11.7. The maximum Gasteiger partial charge on any atom is 0.251 e. The van der Waals surface area contributed by atoms with Crippen molar-refractivity contribution < 1.29 is 4.79 Å². The second kappa shape index (κ2) is 7.27. The molecule has 5 nitrogen and oxygen atoms in total. The van der Waals surface area contributed by atoms with E-state index in [2.05, 4.69) is 14.9 Å². The van der Waals surface area contributed by atoms with Crippen LogP contribution >= 0.6 is 0 Å². The number of amides is 1. The summed E-state index contributed by atoms with van der Waals surface area (Å²) >= 11 is 0. The first-order valence-electron chi connectivity index (χ1n) is 8.23. The lowest BCUT2D eigenvalue weighted by Crippen LogP contribution is -2.24. The van der Waals surface area contributed by atoms with Crippen molar-refractivity contribution >= 4 is 16.9 Å². The van der Waals surface area contributed by atoms with Gasteiger partial charge in [-0.25, -0.2) is 4.98 Å². The van der Waals surface area contributed by atoms with Crippen LogP contribution in [0.3, 0.4) is 0 Å². The van der Waals surface area contributed by atoms with Crippen molar-refractivity contribution in [1.82, 2.24) is 14.9 Å². The third kappa shape index (κ3) is 3.31. The normalized spacial score (nSPS) is 10.9. The van der Waals surface area contributed by atoms with Crippen molar-refractivity contribution in [3.8, 4) is 5.69 Å². The van der Waals surface area contributed by atoms with Crippen molar-refractivity contribution in [2.24, 2.45) is 5.73 Å². The van der Waals surface area contributed by atoms with Crippen LogP contribution < -0.4 is 11.1 Å². The Balaban J connectivity index is 1.86. The summed E-state index contributed by atoms with van der Waals surface area (Å²) in [5.41, 5.74) is 8.98. The van der Waals surface area contributed by atoms with Gasteiger partial charge in [0.15, 0.2) is 0 Å². The monoisotopic (exact) mass is 322 g/mol. The van der Waals surface area contributed by atoms with E-state index in [1.54, 1.807) is 0 Å². The third-order valence-electron chi connectivity index (χ3n) is 4.02. The fourth-order valence-corrected chi connectivity index (χ4v) is 2.82. The molecule has 1 heterocycles. The molecule has 0 unspecified atom stereocenters. The van der Waals surface area contributed by atoms with E-state index < -0.39 is 0 Å². The maximum absolute atomic E-state index is 12.2. The number of para-hydroxylation sites is 1. The summed E-state index contributed by atoms with van der Waals surface area (Å²) in [6, 6.07) is 15.7. The van der Waals surface area contributed by atoms with Gasteiger partial charge in [-0.15, -0.1) is 0 Å². The minimum atomic E-state index is -0.0687. The van der Waals surface area contributed by atoms with Crippen molar-refractivity contribution in [3.05, 3.63) is 59.9 Å². The van der Waals surface area contributed by atoms with Crippen LogP contribution in [0.4, 0.5) is 0 Å². The Morgan fingerprint density at radius 2 is 1.96 bits per heavy atom. The fraction of sp³-hybridized carbons (Fsp3) is 0.263. The second-order valence-corrected chi connectivity index (χ2v) is 5.79. The Hall–Kier alpha value is -2.66. The van der Waals surface area contributed by atoms with E-state index in [0.29, 0.717) is 18.7 Å². The lowest BCUT2D eigenvalue weighted by Gasteiger charge is -2.07. The molecule has 5 heteroatoms. The summed E-state index contributed by atoms with van der Waals surface area (Å²) in [5.74, 6) is 0.831. The Kier molecular flexibility index (Phi) is 4.91. The van der Waals surface area contributed by atoms with Crippen LogP contribution in [0.5, 0.6) is 0 Å². The number of nitrogens with one attached hydrogen (secondary N) is 1. The number of rotatable bonds is 6. The van der Waals surface area contributed by atoms with Crippen molar-refractivity contribution in [3.63, 3.8) is 0 Å². The van der Waals surface area contributed by atoms with Gasteiger partial charge >= 0.3 is 0 Å². The van der Waals surface area contributed by atoms with E-state index in [1.165, 1.54) is 0 Å². The lowest BCUT2D eigenvalue weighted by molar-refractivity contribution is 0.0953. The maximum atomic E-state index is 12.2. The average molecular weight is 322 g/mol. The number of hydrogen-bond donors (Lipinski definition) is 2. The number of imidazole rings is 1. The topological polar surface area (TPSA) is 72.9 Å². The van der Waals surface area contributed by atoms with Gasteiger partial charge < -0.3 is 11.1 Å². The van der Waals surface area contributed by atoms with Gasteiger partial charge in [0, 0.05) is 17.8 Å². The number of nitrogens with zero attached hydrogens (tertiary/aromatic N) is 2. The summed E-state index contributed by atoms with van der Waals surface area (Å²) in [4.78, 5) is 16.8. The van der Waals surface area contributed by atoms with Gasteiger partial charge in [0.1, 0.15) is 5.82 Å².